The highest BCUT2D eigenvalue weighted by Gasteiger charge is 2.31. The smallest absolute Gasteiger partial charge is 0.416 e. The van der Waals surface area contributed by atoms with E-state index in [4.69, 9.17) is 15.2 Å². The van der Waals surface area contributed by atoms with Crippen molar-refractivity contribution in [3.63, 3.8) is 0 Å². The molecule has 0 aliphatic rings. The summed E-state index contributed by atoms with van der Waals surface area (Å²) in [6.45, 7) is 2.41. The number of rotatable bonds is 5. The van der Waals surface area contributed by atoms with Crippen molar-refractivity contribution in [1.29, 1.82) is 0 Å². The van der Waals surface area contributed by atoms with Gasteiger partial charge in [0, 0.05) is 12.3 Å². The monoisotopic (exact) mass is 277 g/mol. The highest BCUT2D eigenvalue weighted by molar-refractivity contribution is 5.90. The maximum atomic E-state index is 12.5. The molecule has 0 heterocycles. The highest BCUT2D eigenvalue weighted by Crippen LogP contribution is 2.31. The number of carbonyl (C=O) groups is 1. The molecule has 0 spiro atoms. The average molecular weight is 277 g/mol. The number of benzene rings is 1. The van der Waals surface area contributed by atoms with E-state index < -0.39 is 17.7 Å². The number of ether oxygens (including phenoxy) is 2. The SMILES string of the molecule is CCOCCOC(=O)c1cc(N)cc(C(F)(F)F)c1. The van der Waals surface area contributed by atoms with Gasteiger partial charge >= 0.3 is 12.1 Å². The molecule has 4 nitrogen and oxygen atoms in total. The molecule has 0 aliphatic heterocycles. The summed E-state index contributed by atoms with van der Waals surface area (Å²) in [5.41, 5.74) is 3.98. The van der Waals surface area contributed by atoms with Gasteiger partial charge in [0.2, 0.25) is 0 Å². The molecule has 0 aliphatic carbocycles. The van der Waals surface area contributed by atoms with Gasteiger partial charge in [-0.3, -0.25) is 0 Å². The predicted molar refractivity (Wildman–Crippen MR) is 62.6 cm³/mol. The van der Waals surface area contributed by atoms with Crippen LogP contribution in [0.4, 0.5) is 18.9 Å². The minimum absolute atomic E-state index is 0.0250. The van der Waals surface area contributed by atoms with Crippen LogP contribution < -0.4 is 5.73 Å². The second kappa shape index (κ2) is 6.42. The summed E-state index contributed by atoms with van der Waals surface area (Å²) in [5.74, 6) is -0.863. The van der Waals surface area contributed by atoms with E-state index in [2.05, 4.69) is 0 Å². The van der Waals surface area contributed by atoms with Crippen molar-refractivity contribution >= 4 is 11.7 Å². The molecular weight excluding hydrogens is 263 g/mol. The molecule has 2 N–H and O–H groups in total. The topological polar surface area (TPSA) is 61.5 Å². The Balaban J connectivity index is 2.77. The van der Waals surface area contributed by atoms with E-state index in [0.717, 1.165) is 12.1 Å². The first-order valence-electron chi connectivity index (χ1n) is 5.57. The van der Waals surface area contributed by atoms with Gasteiger partial charge < -0.3 is 15.2 Å². The second-order valence-corrected chi connectivity index (χ2v) is 3.67. The van der Waals surface area contributed by atoms with Crippen LogP contribution in [-0.2, 0) is 15.7 Å². The first-order chi connectivity index (χ1) is 8.84. The Morgan fingerprint density at radius 3 is 2.53 bits per heavy atom. The minimum atomic E-state index is -4.56. The summed E-state index contributed by atoms with van der Waals surface area (Å²) in [6.07, 6.45) is -4.56. The molecule has 0 saturated carbocycles. The number of halogens is 3. The van der Waals surface area contributed by atoms with E-state index in [1.807, 2.05) is 0 Å². The lowest BCUT2D eigenvalue weighted by Gasteiger charge is -2.10. The molecule has 0 radical (unpaired) electrons. The minimum Gasteiger partial charge on any atom is -0.460 e. The fourth-order valence-electron chi connectivity index (χ4n) is 1.35. The van der Waals surface area contributed by atoms with Crippen LogP contribution >= 0.6 is 0 Å². The van der Waals surface area contributed by atoms with Crippen LogP contribution in [0.1, 0.15) is 22.8 Å². The van der Waals surface area contributed by atoms with Gasteiger partial charge in [-0.2, -0.15) is 13.2 Å². The third-order valence-electron chi connectivity index (χ3n) is 2.18. The Hall–Kier alpha value is -1.76. The highest BCUT2D eigenvalue weighted by atomic mass is 19.4. The summed E-state index contributed by atoms with van der Waals surface area (Å²) in [6, 6.07) is 2.61. The van der Waals surface area contributed by atoms with Crippen LogP contribution in [0.5, 0.6) is 0 Å². The van der Waals surface area contributed by atoms with Crippen LogP contribution in [0.15, 0.2) is 18.2 Å². The molecule has 0 bridgehead atoms. The zero-order valence-electron chi connectivity index (χ0n) is 10.3. The predicted octanol–water partition coefficient (Wildman–Crippen LogP) is 2.48. The standard InChI is InChI=1S/C12H14F3NO3/c1-2-18-3-4-19-11(17)8-5-9(12(13,14)15)7-10(16)6-8/h5-7H,2-4,16H2,1H3. The Kier molecular flexibility index (Phi) is 5.17. The van der Waals surface area contributed by atoms with Crippen LogP contribution in [0.25, 0.3) is 0 Å². The van der Waals surface area contributed by atoms with E-state index in [-0.39, 0.29) is 24.5 Å². The Labute approximate surface area is 108 Å². The van der Waals surface area contributed by atoms with E-state index in [0.29, 0.717) is 12.7 Å². The van der Waals surface area contributed by atoms with Gasteiger partial charge in [-0.15, -0.1) is 0 Å². The van der Waals surface area contributed by atoms with Crippen molar-refractivity contribution in [3.8, 4) is 0 Å². The molecule has 1 rings (SSSR count). The second-order valence-electron chi connectivity index (χ2n) is 3.67. The Morgan fingerprint density at radius 1 is 1.26 bits per heavy atom. The maximum absolute atomic E-state index is 12.5. The summed E-state index contributed by atoms with van der Waals surface area (Å²) in [5, 5.41) is 0. The molecule has 7 heteroatoms. The number of nitrogens with two attached hydrogens (primary N) is 1. The number of anilines is 1. The maximum Gasteiger partial charge on any atom is 0.416 e. The normalized spacial score (nSPS) is 11.4. The average Bonchev–Trinajstić information content (AvgIpc) is 2.32. The molecule has 0 atom stereocenters. The number of alkyl halides is 3. The van der Waals surface area contributed by atoms with Crippen molar-refractivity contribution < 1.29 is 27.4 Å². The Bertz CT molecular complexity index is 446. The van der Waals surface area contributed by atoms with Crippen molar-refractivity contribution in [2.45, 2.75) is 13.1 Å². The molecule has 0 unspecified atom stereocenters. The first kappa shape index (κ1) is 15.3. The van der Waals surface area contributed by atoms with Gasteiger partial charge in [0.15, 0.2) is 0 Å². The first-order valence-corrected chi connectivity index (χ1v) is 5.57. The molecule has 0 fully saturated rings. The van der Waals surface area contributed by atoms with E-state index in [1.165, 1.54) is 0 Å². The van der Waals surface area contributed by atoms with Crippen molar-refractivity contribution in [2.75, 3.05) is 25.6 Å². The lowest BCUT2D eigenvalue weighted by molar-refractivity contribution is -0.137. The van der Waals surface area contributed by atoms with Gasteiger partial charge in [0.25, 0.3) is 0 Å². The molecule has 1 aromatic carbocycles. The quantitative estimate of drug-likeness (QED) is 0.510. The van der Waals surface area contributed by atoms with Crippen molar-refractivity contribution in [1.82, 2.24) is 0 Å². The molecule has 1 aromatic rings. The molecule has 0 saturated heterocycles. The molecule has 106 valence electrons. The third-order valence-corrected chi connectivity index (χ3v) is 2.18. The van der Waals surface area contributed by atoms with Gasteiger partial charge in [-0.05, 0) is 25.1 Å². The van der Waals surface area contributed by atoms with Crippen LogP contribution in [0, 0.1) is 0 Å². The fraction of sp³-hybridized carbons (Fsp3) is 0.417. The van der Waals surface area contributed by atoms with Crippen LogP contribution in [0.3, 0.4) is 0 Å². The zero-order valence-corrected chi connectivity index (χ0v) is 10.3. The summed E-state index contributed by atoms with van der Waals surface area (Å²) < 4.78 is 47.3. The Morgan fingerprint density at radius 2 is 1.95 bits per heavy atom. The number of esters is 1. The summed E-state index contributed by atoms with van der Waals surface area (Å²) in [7, 11) is 0. The van der Waals surface area contributed by atoms with Crippen molar-refractivity contribution in [3.05, 3.63) is 29.3 Å². The molecule has 0 aromatic heterocycles. The number of nitrogen functional groups attached to an aromatic ring is 1. The number of hydrogen-bond donors (Lipinski definition) is 1. The molecule has 19 heavy (non-hydrogen) atoms. The lowest BCUT2D eigenvalue weighted by Crippen LogP contribution is -2.13. The van der Waals surface area contributed by atoms with Crippen LogP contribution in [0.2, 0.25) is 0 Å². The largest absolute Gasteiger partial charge is 0.460 e. The van der Waals surface area contributed by atoms with Gasteiger partial charge in [0.05, 0.1) is 17.7 Å². The molecule has 0 amide bonds. The van der Waals surface area contributed by atoms with Gasteiger partial charge in [-0.1, -0.05) is 0 Å². The summed E-state index contributed by atoms with van der Waals surface area (Å²) >= 11 is 0. The van der Waals surface area contributed by atoms with E-state index in [1.54, 1.807) is 6.92 Å². The van der Waals surface area contributed by atoms with E-state index in [9.17, 15) is 18.0 Å². The molecular formula is C12H14F3NO3. The van der Waals surface area contributed by atoms with Gasteiger partial charge in [0.1, 0.15) is 6.61 Å². The van der Waals surface area contributed by atoms with E-state index >= 15 is 0 Å². The van der Waals surface area contributed by atoms with Crippen LogP contribution in [-0.4, -0.2) is 25.8 Å². The third kappa shape index (κ3) is 4.78. The number of hydrogen-bond acceptors (Lipinski definition) is 4. The lowest BCUT2D eigenvalue weighted by atomic mass is 10.1. The van der Waals surface area contributed by atoms with Crippen molar-refractivity contribution in [2.24, 2.45) is 0 Å². The van der Waals surface area contributed by atoms with Gasteiger partial charge in [-0.25, -0.2) is 4.79 Å². The fourth-order valence-corrected chi connectivity index (χ4v) is 1.35. The summed E-state index contributed by atoms with van der Waals surface area (Å²) in [4.78, 5) is 11.5. The zero-order chi connectivity index (χ0) is 14.5. The number of carbonyl (C=O) groups excluding carboxylic acids is 1.